The molecule has 0 aliphatic carbocycles. The Hall–Kier alpha value is -2.87. The van der Waals surface area contributed by atoms with Crippen LogP contribution in [0.4, 0.5) is 13.2 Å². The van der Waals surface area contributed by atoms with Crippen molar-refractivity contribution in [1.29, 1.82) is 0 Å². The van der Waals surface area contributed by atoms with E-state index in [9.17, 15) is 27.9 Å². The van der Waals surface area contributed by atoms with Gasteiger partial charge in [0.2, 0.25) is 0 Å². The van der Waals surface area contributed by atoms with Crippen LogP contribution in [0.1, 0.15) is 28.4 Å². The van der Waals surface area contributed by atoms with E-state index in [4.69, 9.17) is 0 Å². The second kappa shape index (κ2) is 8.88. The Morgan fingerprint density at radius 3 is 2.14 bits per heavy atom. The predicted octanol–water partition coefficient (Wildman–Crippen LogP) is 2.95. The van der Waals surface area contributed by atoms with E-state index in [1.165, 1.54) is 7.11 Å². The number of aliphatic hydroxyl groups excluding tert-OH is 1. The van der Waals surface area contributed by atoms with Crippen molar-refractivity contribution in [2.24, 2.45) is 0 Å². The third kappa shape index (κ3) is 5.56. The second-order valence-electron chi connectivity index (χ2n) is 6.30. The molecule has 0 saturated heterocycles. The third-order valence-corrected chi connectivity index (χ3v) is 4.16. The van der Waals surface area contributed by atoms with Crippen molar-refractivity contribution < 1.29 is 32.6 Å². The molecule has 5 nitrogen and oxygen atoms in total. The molecule has 2 aromatic carbocycles. The first-order chi connectivity index (χ1) is 13.1. The Kier molecular flexibility index (Phi) is 6.80. The summed E-state index contributed by atoms with van der Waals surface area (Å²) in [5, 5.41) is 12.5. The van der Waals surface area contributed by atoms with Crippen LogP contribution in [0, 0.1) is 6.92 Å². The van der Waals surface area contributed by atoms with E-state index in [1.807, 2.05) is 19.1 Å². The summed E-state index contributed by atoms with van der Waals surface area (Å²) in [5.41, 5.74) is 0.880. The minimum Gasteiger partial charge on any atom is -0.467 e. The Morgan fingerprint density at radius 2 is 1.64 bits per heavy atom. The average Bonchev–Trinajstić information content (AvgIpc) is 2.67. The number of carbonyl (C=O) groups is 2. The van der Waals surface area contributed by atoms with Crippen molar-refractivity contribution in [3.8, 4) is 0 Å². The summed E-state index contributed by atoms with van der Waals surface area (Å²) in [7, 11) is 1.17. The Balaban J connectivity index is 2.11. The summed E-state index contributed by atoms with van der Waals surface area (Å²) in [4.78, 5) is 24.3. The monoisotopic (exact) mass is 395 g/mol. The maximum Gasteiger partial charge on any atom is 0.416 e. The molecule has 2 atom stereocenters. The van der Waals surface area contributed by atoms with Gasteiger partial charge in [-0.3, -0.25) is 4.79 Å². The number of methoxy groups -OCH3 is 1. The Morgan fingerprint density at radius 1 is 1.07 bits per heavy atom. The number of ether oxygens (including phenoxy) is 1. The summed E-state index contributed by atoms with van der Waals surface area (Å²) in [6, 6.07) is 9.81. The fourth-order valence-electron chi connectivity index (χ4n) is 2.55. The van der Waals surface area contributed by atoms with Gasteiger partial charge in [-0.2, -0.15) is 13.2 Å². The molecule has 28 heavy (non-hydrogen) atoms. The van der Waals surface area contributed by atoms with Crippen LogP contribution in [0.2, 0.25) is 0 Å². The number of amides is 1. The van der Waals surface area contributed by atoms with Crippen LogP contribution < -0.4 is 5.32 Å². The van der Waals surface area contributed by atoms with Crippen LogP contribution in [-0.2, 0) is 26.9 Å². The van der Waals surface area contributed by atoms with Gasteiger partial charge >= 0.3 is 12.1 Å². The van der Waals surface area contributed by atoms with Gasteiger partial charge < -0.3 is 15.2 Å². The molecule has 2 aromatic rings. The van der Waals surface area contributed by atoms with Crippen LogP contribution in [0.5, 0.6) is 0 Å². The summed E-state index contributed by atoms with van der Waals surface area (Å²) < 4.78 is 42.5. The fraction of sp³-hybridized carbons (Fsp3) is 0.300. The van der Waals surface area contributed by atoms with Crippen LogP contribution in [0.3, 0.4) is 0 Å². The van der Waals surface area contributed by atoms with Gasteiger partial charge in [0.05, 0.1) is 12.7 Å². The van der Waals surface area contributed by atoms with Gasteiger partial charge in [0.15, 0.2) is 6.10 Å². The second-order valence-corrected chi connectivity index (χ2v) is 6.30. The first kappa shape index (κ1) is 21.4. The molecule has 0 aliphatic rings. The Labute approximate surface area is 160 Å². The Bertz CT molecular complexity index is 817. The predicted molar refractivity (Wildman–Crippen MR) is 95.2 cm³/mol. The minimum atomic E-state index is -4.52. The molecule has 0 bridgehead atoms. The van der Waals surface area contributed by atoms with Gasteiger partial charge in [-0.15, -0.1) is 0 Å². The average molecular weight is 395 g/mol. The molecule has 2 rings (SSSR count). The van der Waals surface area contributed by atoms with Crippen molar-refractivity contribution in [3.05, 3.63) is 70.8 Å². The van der Waals surface area contributed by atoms with E-state index in [0.29, 0.717) is 0 Å². The number of carbonyl (C=O) groups excluding carboxylic acids is 2. The van der Waals surface area contributed by atoms with E-state index < -0.39 is 35.8 Å². The smallest absolute Gasteiger partial charge is 0.416 e. The van der Waals surface area contributed by atoms with E-state index in [1.54, 1.807) is 12.1 Å². The van der Waals surface area contributed by atoms with Crippen LogP contribution >= 0.6 is 0 Å². The van der Waals surface area contributed by atoms with Crippen molar-refractivity contribution in [2.45, 2.75) is 31.7 Å². The van der Waals surface area contributed by atoms with Crippen LogP contribution in [0.15, 0.2) is 48.5 Å². The number of aliphatic hydroxyl groups is 1. The molecule has 0 unspecified atom stereocenters. The minimum absolute atomic E-state index is 0.0237. The van der Waals surface area contributed by atoms with Crippen molar-refractivity contribution in [2.75, 3.05) is 7.11 Å². The van der Waals surface area contributed by atoms with Gasteiger partial charge in [-0.1, -0.05) is 42.0 Å². The van der Waals surface area contributed by atoms with Crippen LogP contribution in [0.25, 0.3) is 0 Å². The lowest BCUT2D eigenvalue weighted by molar-refractivity contribution is -0.146. The summed E-state index contributed by atoms with van der Waals surface area (Å²) in [6.45, 7) is 1.91. The van der Waals surface area contributed by atoms with Crippen molar-refractivity contribution in [3.63, 3.8) is 0 Å². The van der Waals surface area contributed by atoms with Crippen molar-refractivity contribution in [1.82, 2.24) is 5.32 Å². The lowest BCUT2D eigenvalue weighted by Gasteiger charge is -2.19. The van der Waals surface area contributed by atoms with E-state index in [-0.39, 0.29) is 12.0 Å². The lowest BCUT2D eigenvalue weighted by Crippen LogP contribution is -2.45. The maximum atomic E-state index is 12.6. The first-order valence-electron chi connectivity index (χ1n) is 8.41. The molecule has 0 fully saturated rings. The molecule has 150 valence electrons. The number of hydrogen-bond donors (Lipinski definition) is 2. The maximum absolute atomic E-state index is 12.6. The van der Waals surface area contributed by atoms with Gasteiger partial charge in [0.25, 0.3) is 5.91 Å². The summed E-state index contributed by atoms with van der Waals surface area (Å²) >= 11 is 0. The summed E-state index contributed by atoms with van der Waals surface area (Å²) in [6.07, 6.45) is -6.11. The molecule has 8 heteroatoms. The van der Waals surface area contributed by atoms with Gasteiger partial charge in [-0.25, -0.2) is 4.79 Å². The number of rotatable bonds is 6. The summed E-state index contributed by atoms with van der Waals surface area (Å²) in [5.74, 6) is -1.61. The molecule has 2 N–H and O–H groups in total. The highest BCUT2D eigenvalue weighted by Crippen LogP contribution is 2.30. The van der Waals surface area contributed by atoms with Gasteiger partial charge in [0, 0.05) is 6.42 Å². The van der Waals surface area contributed by atoms with Gasteiger partial charge in [0.1, 0.15) is 6.04 Å². The number of halogens is 3. The SMILES string of the molecule is COC(=O)[C@H](Cc1ccc(C)cc1)NC(=O)[C@@H](O)c1ccc(C(F)(F)F)cc1. The zero-order chi connectivity index (χ0) is 20.9. The molecular formula is C20H20F3NO4. The van der Waals surface area contributed by atoms with Gasteiger partial charge in [-0.05, 0) is 30.2 Å². The lowest BCUT2D eigenvalue weighted by atomic mass is 10.0. The number of nitrogens with one attached hydrogen (secondary N) is 1. The third-order valence-electron chi connectivity index (χ3n) is 4.16. The van der Waals surface area contributed by atoms with E-state index >= 15 is 0 Å². The normalized spacial score (nSPS) is 13.5. The largest absolute Gasteiger partial charge is 0.467 e. The number of hydrogen-bond acceptors (Lipinski definition) is 4. The molecule has 0 spiro atoms. The topological polar surface area (TPSA) is 75.6 Å². The van der Waals surface area contributed by atoms with E-state index in [2.05, 4.69) is 10.1 Å². The number of esters is 1. The highest BCUT2D eigenvalue weighted by Gasteiger charge is 2.31. The zero-order valence-electron chi connectivity index (χ0n) is 15.3. The molecule has 1 amide bonds. The molecule has 0 saturated carbocycles. The quantitative estimate of drug-likeness (QED) is 0.738. The molecule has 0 aliphatic heterocycles. The van der Waals surface area contributed by atoms with Crippen LogP contribution in [-0.4, -0.2) is 30.1 Å². The number of aryl methyl sites for hydroxylation is 1. The molecular weight excluding hydrogens is 375 g/mol. The molecule has 0 radical (unpaired) electrons. The van der Waals surface area contributed by atoms with E-state index in [0.717, 1.165) is 35.4 Å². The highest BCUT2D eigenvalue weighted by molar-refractivity contribution is 5.87. The first-order valence-corrected chi connectivity index (χ1v) is 8.41. The van der Waals surface area contributed by atoms with Crippen molar-refractivity contribution >= 4 is 11.9 Å². The zero-order valence-corrected chi connectivity index (χ0v) is 15.3. The molecule has 0 heterocycles. The number of alkyl halides is 3. The fourth-order valence-corrected chi connectivity index (χ4v) is 2.55. The number of benzene rings is 2. The highest BCUT2D eigenvalue weighted by atomic mass is 19.4. The standard InChI is InChI=1S/C20H20F3NO4/c1-12-3-5-13(6-4-12)11-16(19(27)28-2)24-18(26)17(25)14-7-9-15(10-8-14)20(21,22)23/h3-10,16-17,25H,11H2,1-2H3,(H,24,26)/t16-,17-/m0/s1. The molecule has 0 aromatic heterocycles.